The predicted octanol–water partition coefficient (Wildman–Crippen LogP) is 4.97. The van der Waals surface area contributed by atoms with Crippen molar-refractivity contribution >= 4 is 0 Å². The molecule has 2 rings (SSSR count). The number of aryl methyl sites for hydroxylation is 3. The lowest BCUT2D eigenvalue weighted by Gasteiger charge is -2.07. The summed E-state index contributed by atoms with van der Waals surface area (Å²) in [5, 5.41) is 3.50. The van der Waals surface area contributed by atoms with Crippen LogP contribution in [0.4, 0.5) is 0 Å². The van der Waals surface area contributed by atoms with Gasteiger partial charge in [0.2, 0.25) is 0 Å². The molecule has 0 radical (unpaired) electrons. The van der Waals surface area contributed by atoms with E-state index in [-0.39, 0.29) is 0 Å². The summed E-state index contributed by atoms with van der Waals surface area (Å²) in [6, 6.07) is 15.5. The van der Waals surface area contributed by atoms with Gasteiger partial charge in [-0.1, -0.05) is 61.9 Å². The zero-order chi connectivity index (χ0) is 15.7. The van der Waals surface area contributed by atoms with Crippen molar-refractivity contribution in [3.63, 3.8) is 0 Å². The maximum atomic E-state index is 3.50. The van der Waals surface area contributed by atoms with Gasteiger partial charge in [-0.15, -0.1) is 0 Å². The molecule has 1 heteroatoms. The van der Waals surface area contributed by atoms with Crippen molar-refractivity contribution in [2.45, 2.75) is 47.6 Å². The van der Waals surface area contributed by atoms with Crippen molar-refractivity contribution in [3.05, 3.63) is 70.3 Å². The quantitative estimate of drug-likeness (QED) is 0.764. The van der Waals surface area contributed by atoms with E-state index in [1.807, 2.05) is 13.8 Å². The molecule has 0 atom stereocenters. The Labute approximate surface area is 130 Å². The molecule has 0 aliphatic carbocycles. The molecule has 1 N–H and O–H groups in total. The number of benzene rings is 2. The Kier molecular flexibility index (Phi) is 7.78. The molecular formula is C20H29N. The zero-order valence-corrected chi connectivity index (χ0v) is 14.2. The predicted molar refractivity (Wildman–Crippen MR) is 93.9 cm³/mol. The highest BCUT2D eigenvalue weighted by Gasteiger charge is 1.97. The maximum Gasteiger partial charge on any atom is 0.0205 e. The Morgan fingerprint density at radius 2 is 1.38 bits per heavy atom. The van der Waals surface area contributed by atoms with E-state index in [4.69, 9.17) is 0 Å². The van der Waals surface area contributed by atoms with E-state index >= 15 is 0 Å². The lowest BCUT2D eigenvalue weighted by molar-refractivity contribution is 0.686. The van der Waals surface area contributed by atoms with E-state index < -0.39 is 0 Å². The summed E-state index contributed by atoms with van der Waals surface area (Å²) in [4.78, 5) is 0. The molecule has 21 heavy (non-hydrogen) atoms. The van der Waals surface area contributed by atoms with Crippen LogP contribution < -0.4 is 5.32 Å². The summed E-state index contributed by atoms with van der Waals surface area (Å²) >= 11 is 0. The van der Waals surface area contributed by atoms with E-state index in [2.05, 4.69) is 68.6 Å². The Morgan fingerprint density at radius 3 is 2.00 bits per heavy atom. The minimum absolute atomic E-state index is 0.950. The number of nitrogens with one attached hydrogen (secondary N) is 1. The summed E-state index contributed by atoms with van der Waals surface area (Å²) in [5.74, 6) is 0. The number of rotatable bonds is 5. The van der Waals surface area contributed by atoms with Crippen molar-refractivity contribution in [1.29, 1.82) is 0 Å². The molecule has 0 bridgehead atoms. The third-order valence-electron chi connectivity index (χ3n) is 3.61. The average molecular weight is 283 g/mol. The van der Waals surface area contributed by atoms with E-state index in [0.717, 1.165) is 19.5 Å². The van der Waals surface area contributed by atoms with Gasteiger partial charge < -0.3 is 5.32 Å². The van der Waals surface area contributed by atoms with Crippen LogP contribution in [0.5, 0.6) is 0 Å². The minimum atomic E-state index is 0.950. The first kappa shape index (κ1) is 17.5. The zero-order valence-electron chi connectivity index (χ0n) is 14.2. The summed E-state index contributed by atoms with van der Waals surface area (Å²) in [6.07, 6.45) is 1.09. The topological polar surface area (TPSA) is 12.0 Å². The van der Waals surface area contributed by atoms with Crippen LogP contribution in [0.1, 0.15) is 41.7 Å². The van der Waals surface area contributed by atoms with E-state index in [1.54, 1.807) is 0 Å². The van der Waals surface area contributed by atoms with Gasteiger partial charge in [0.25, 0.3) is 0 Å². The molecule has 0 heterocycles. The van der Waals surface area contributed by atoms with Crippen molar-refractivity contribution in [3.8, 4) is 0 Å². The Bertz CT molecular complexity index is 526. The summed E-state index contributed by atoms with van der Waals surface area (Å²) in [6.45, 7) is 12.4. The normalized spacial score (nSPS) is 9.95. The van der Waals surface area contributed by atoms with Crippen LogP contribution in [0, 0.1) is 20.8 Å². The standard InChI is InChI=1S/C18H23N.C2H6/c1-14-4-7-18(8-5-14)13-19-11-10-17-9-6-15(2)16(3)12-17;1-2/h4-9,12,19H,10-11,13H2,1-3H3;1-2H3. The second-order valence-corrected chi connectivity index (χ2v) is 5.33. The van der Waals surface area contributed by atoms with Crippen molar-refractivity contribution in [2.24, 2.45) is 0 Å². The molecular weight excluding hydrogens is 254 g/mol. The highest BCUT2D eigenvalue weighted by atomic mass is 14.8. The second-order valence-electron chi connectivity index (χ2n) is 5.33. The maximum absolute atomic E-state index is 3.50. The van der Waals surface area contributed by atoms with Gasteiger partial charge in [0, 0.05) is 6.54 Å². The van der Waals surface area contributed by atoms with Gasteiger partial charge in [0.1, 0.15) is 0 Å². The highest BCUT2D eigenvalue weighted by molar-refractivity contribution is 5.30. The molecule has 2 aromatic carbocycles. The van der Waals surface area contributed by atoms with Crippen molar-refractivity contribution in [2.75, 3.05) is 6.54 Å². The lowest BCUT2D eigenvalue weighted by atomic mass is 10.0. The Hall–Kier alpha value is -1.60. The smallest absolute Gasteiger partial charge is 0.0205 e. The fraction of sp³-hybridized carbons (Fsp3) is 0.400. The van der Waals surface area contributed by atoms with Gasteiger partial charge >= 0.3 is 0 Å². The van der Waals surface area contributed by atoms with E-state index in [0.29, 0.717) is 0 Å². The molecule has 0 unspecified atom stereocenters. The largest absolute Gasteiger partial charge is 0.312 e. The Balaban J connectivity index is 0.00000106. The monoisotopic (exact) mass is 283 g/mol. The summed E-state index contributed by atoms with van der Waals surface area (Å²) in [5.41, 5.74) is 6.84. The van der Waals surface area contributed by atoms with Crippen molar-refractivity contribution < 1.29 is 0 Å². The third kappa shape index (κ3) is 6.14. The van der Waals surface area contributed by atoms with Crippen LogP contribution in [0.15, 0.2) is 42.5 Å². The molecule has 0 fully saturated rings. The van der Waals surface area contributed by atoms with Crippen LogP contribution in [0.2, 0.25) is 0 Å². The molecule has 114 valence electrons. The minimum Gasteiger partial charge on any atom is -0.312 e. The van der Waals surface area contributed by atoms with E-state index in [1.165, 1.54) is 27.8 Å². The van der Waals surface area contributed by atoms with Gasteiger partial charge in [0.05, 0.1) is 0 Å². The first-order valence-corrected chi connectivity index (χ1v) is 7.97. The Morgan fingerprint density at radius 1 is 0.762 bits per heavy atom. The first-order chi connectivity index (χ1) is 10.1. The van der Waals surface area contributed by atoms with Gasteiger partial charge in [-0.25, -0.2) is 0 Å². The molecule has 0 aliphatic rings. The van der Waals surface area contributed by atoms with Gasteiger partial charge in [-0.05, 0) is 56.0 Å². The van der Waals surface area contributed by atoms with Gasteiger partial charge in [0.15, 0.2) is 0 Å². The molecule has 0 spiro atoms. The van der Waals surface area contributed by atoms with Crippen molar-refractivity contribution in [1.82, 2.24) is 5.32 Å². The van der Waals surface area contributed by atoms with Crippen LogP contribution in [0.25, 0.3) is 0 Å². The highest BCUT2D eigenvalue weighted by Crippen LogP contribution is 2.10. The second kappa shape index (κ2) is 9.36. The SMILES string of the molecule is CC.Cc1ccc(CNCCc2ccc(C)c(C)c2)cc1. The molecule has 0 saturated heterocycles. The fourth-order valence-electron chi connectivity index (χ4n) is 2.13. The third-order valence-corrected chi connectivity index (χ3v) is 3.61. The van der Waals surface area contributed by atoms with E-state index in [9.17, 15) is 0 Å². The molecule has 0 aliphatic heterocycles. The van der Waals surface area contributed by atoms with Crippen LogP contribution in [0.3, 0.4) is 0 Å². The van der Waals surface area contributed by atoms with Gasteiger partial charge in [-0.2, -0.15) is 0 Å². The number of hydrogen-bond acceptors (Lipinski definition) is 1. The fourth-order valence-corrected chi connectivity index (χ4v) is 2.13. The molecule has 1 nitrogen and oxygen atoms in total. The van der Waals surface area contributed by atoms with Gasteiger partial charge in [-0.3, -0.25) is 0 Å². The number of hydrogen-bond donors (Lipinski definition) is 1. The summed E-state index contributed by atoms with van der Waals surface area (Å²) in [7, 11) is 0. The molecule has 0 saturated carbocycles. The summed E-state index contributed by atoms with van der Waals surface area (Å²) < 4.78 is 0. The first-order valence-electron chi connectivity index (χ1n) is 7.97. The van der Waals surface area contributed by atoms with Crippen LogP contribution in [-0.2, 0) is 13.0 Å². The average Bonchev–Trinajstić information content (AvgIpc) is 2.51. The van der Waals surface area contributed by atoms with Crippen LogP contribution in [-0.4, -0.2) is 6.54 Å². The van der Waals surface area contributed by atoms with Crippen LogP contribution >= 0.6 is 0 Å². The molecule has 2 aromatic rings. The lowest BCUT2D eigenvalue weighted by Crippen LogP contribution is -2.16. The molecule has 0 aromatic heterocycles. The molecule has 0 amide bonds.